The normalized spacial score (nSPS) is 29.4. The number of alkyl halides is 3. The molecule has 2 nitrogen and oxygen atoms in total. The van der Waals surface area contributed by atoms with E-state index in [1.165, 1.54) is 12.2 Å². The minimum atomic E-state index is -2.80. The van der Waals surface area contributed by atoms with Crippen molar-refractivity contribution >= 4 is 0 Å². The molecule has 1 aliphatic carbocycles. The van der Waals surface area contributed by atoms with E-state index < -0.39 is 35.8 Å². The molecular formula is C20H31F3O2. The highest BCUT2D eigenvalue weighted by Gasteiger charge is 2.62. The molecule has 0 spiro atoms. The lowest BCUT2D eigenvalue weighted by Crippen LogP contribution is -2.60. The van der Waals surface area contributed by atoms with Gasteiger partial charge in [0.25, 0.3) is 6.43 Å². The Morgan fingerprint density at radius 2 is 1.76 bits per heavy atom. The van der Waals surface area contributed by atoms with Crippen LogP contribution in [-0.4, -0.2) is 30.1 Å². The Morgan fingerprint density at radius 3 is 2.16 bits per heavy atom. The number of aliphatic hydroxyl groups excluding tert-OH is 1. The van der Waals surface area contributed by atoms with Gasteiger partial charge in [-0.25, -0.2) is 13.2 Å². The van der Waals surface area contributed by atoms with Crippen LogP contribution in [0.15, 0.2) is 36.0 Å². The molecule has 144 valence electrons. The zero-order valence-electron chi connectivity index (χ0n) is 16.2. The van der Waals surface area contributed by atoms with E-state index in [0.717, 1.165) is 5.57 Å². The molecular weight excluding hydrogens is 329 g/mol. The first-order chi connectivity index (χ1) is 11.2. The van der Waals surface area contributed by atoms with Crippen LogP contribution in [0.2, 0.25) is 0 Å². The number of aliphatic hydroxyl groups is 1. The maximum absolute atomic E-state index is 16.0. The van der Waals surface area contributed by atoms with Gasteiger partial charge >= 0.3 is 0 Å². The zero-order chi connectivity index (χ0) is 19.7. The molecule has 3 unspecified atom stereocenters. The minimum Gasteiger partial charge on any atom is -0.388 e. The predicted octanol–water partition coefficient (Wildman–Crippen LogP) is 5.45. The Balaban J connectivity index is 3.67. The smallest absolute Gasteiger partial charge is 0.261 e. The van der Waals surface area contributed by atoms with Crippen LogP contribution < -0.4 is 0 Å². The summed E-state index contributed by atoms with van der Waals surface area (Å²) < 4.78 is 46.5. The third-order valence-corrected chi connectivity index (χ3v) is 4.79. The Bertz CT molecular complexity index is 552. The quantitative estimate of drug-likeness (QED) is 0.661. The van der Waals surface area contributed by atoms with Gasteiger partial charge in [0.2, 0.25) is 5.85 Å². The van der Waals surface area contributed by atoms with E-state index in [0.29, 0.717) is 0 Å². The predicted molar refractivity (Wildman–Crippen MR) is 95.2 cm³/mol. The van der Waals surface area contributed by atoms with Crippen molar-refractivity contribution in [1.82, 2.24) is 0 Å². The average molecular weight is 360 g/mol. The summed E-state index contributed by atoms with van der Waals surface area (Å²) in [6.07, 6.45) is 3.46. The molecule has 1 aliphatic rings. The molecule has 5 heteroatoms. The van der Waals surface area contributed by atoms with Gasteiger partial charge in [-0.05, 0) is 29.4 Å². The van der Waals surface area contributed by atoms with Crippen LogP contribution in [-0.2, 0) is 4.74 Å². The fourth-order valence-corrected chi connectivity index (χ4v) is 3.34. The Labute approximate surface area is 149 Å². The van der Waals surface area contributed by atoms with Gasteiger partial charge < -0.3 is 9.84 Å². The SMILES string of the molecule is CC=CC(O)C1(C(C)(C)C)C=C(C(C)(C)C)C=CC1(F)OCC(F)F. The third kappa shape index (κ3) is 4.20. The second-order valence-corrected chi connectivity index (χ2v) is 8.62. The molecule has 0 aromatic rings. The maximum atomic E-state index is 16.0. The first-order valence-corrected chi connectivity index (χ1v) is 8.56. The van der Waals surface area contributed by atoms with Crippen LogP contribution in [0.3, 0.4) is 0 Å². The molecule has 3 atom stereocenters. The second-order valence-electron chi connectivity index (χ2n) is 8.62. The highest BCUT2D eigenvalue weighted by molar-refractivity contribution is 5.39. The van der Waals surface area contributed by atoms with Crippen LogP contribution in [0.5, 0.6) is 0 Å². The van der Waals surface area contributed by atoms with Crippen molar-refractivity contribution in [2.45, 2.75) is 66.9 Å². The topological polar surface area (TPSA) is 29.5 Å². The zero-order valence-corrected chi connectivity index (χ0v) is 16.2. The van der Waals surface area contributed by atoms with Crippen molar-refractivity contribution < 1.29 is 23.0 Å². The lowest BCUT2D eigenvalue weighted by molar-refractivity contribution is -0.241. The lowest BCUT2D eigenvalue weighted by atomic mass is 9.55. The minimum absolute atomic E-state index is 0.299. The molecule has 0 radical (unpaired) electrons. The van der Waals surface area contributed by atoms with Crippen LogP contribution in [0, 0.1) is 16.2 Å². The van der Waals surface area contributed by atoms with Gasteiger partial charge in [0.15, 0.2) is 0 Å². The number of rotatable bonds is 5. The fourth-order valence-electron chi connectivity index (χ4n) is 3.34. The van der Waals surface area contributed by atoms with Crippen molar-refractivity contribution in [1.29, 1.82) is 0 Å². The van der Waals surface area contributed by atoms with Crippen molar-refractivity contribution in [2.75, 3.05) is 6.61 Å². The standard InChI is InChI=1S/C20H31F3O2/c1-8-9-15(24)19(18(5,6)7)12-14(17(2,3)4)10-11-20(19,23)25-13-16(21)22/h8-12,15-16,24H,13H2,1-7H3. The Kier molecular flexibility index (Phi) is 6.39. The molecule has 1 rings (SSSR count). The van der Waals surface area contributed by atoms with Crippen LogP contribution >= 0.6 is 0 Å². The van der Waals surface area contributed by atoms with Crippen molar-refractivity contribution in [2.24, 2.45) is 16.2 Å². The summed E-state index contributed by atoms with van der Waals surface area (Å²) in [5, 5.41) is 10.9. The van der Waals surface area contributed by atoms with Crippen molar-refractivity contribution in [3.63, 3.8) is 0 Å². The molecule has 0 aromatic heterocycles. The lowest BCUT2D eigenvalue weighted by Gasteiger charge is -2.54. The largest absolute Gasteiger partial charge is 0.388 e. The molecule has 0 fully saturated rings. The van der Waals surface area contributed by atoms with E-state index in [9.17, 15) is 13.9 Å². The summed E-state index contributed by atoms with van der Waals surface area (Å²) in [5.74, 6) is -2.56. The molecule has 0 heterocycles. The molecule has 0 amide bonds. The van der Waals surface area contributed by atoms with Gasteiger partial charge in [-0.1, -0.05) is 65.8 Å². The number of ether oxygens (including phenoxy) is 1. The summed E-state index contributed by atoms with van der Waals surface area (Å²) in [5.41, 5.74) is -1.85. The van der Waals surface area contributed by atoms with Gasteiger partial charge in [-0.15, -0.1) is 0 Å². The van der Waals surface area contributed by atoms with Gasteiger partial charge in [0, 0.05) is 0 Å². The summed E-state index contributed by atoms with van der Waals surface area (Å²) in [7, 11) is 0. The second kappa shape index (κ2) is 7.28. The first kappa shape index (κ1) is 22.0. The summed E-state index contributed by atoms with van der Waals surface area (Å²) in [6, 6.07) is 0. The molecule has 0 bridgehead atoms. The van der Waals surface area contributed by atoms with Crippen molar-refractivity contribution in [3.05, 3.63) is 36.0 Å². The van der Waals surface area contributed by atoms with E-state index in [2.05, 4.69) is 0 Å². The fraction of sp³-hybridized carbons (Fsp3) is 0.700. The Hall–Kier alpha value is -1.07. The average Bonchev–Trinajstić information content (AvgIpc) is 2.43. The van der Waals surface area contributed by atoms with E-state index >= 15 is 4.39 Å². The van der Waals surface area contributed by atoms with E-state index in [4.69, 9.17) is 4.74 Å². The highest BCUT2D eigenvalue weighted by Crippen LogP contribution is 2.57. The highest BCUT2D eigenvalue weighted by atomic mass is 19.3. The van der Waals surface area contributed by atoms with Gasteiger partial charge in [0.05, 0.1) is 11.5 Å². The monoisotopic (exact) mass is 360 g/mol. The molecule has 0 saturated carbocycles. The van der Waals surface area contributed by atoms with Crippen LogP contribution in [0.1, 0.15) is 48.5 Å². The molecule has 0 saturated heterocycles. The van der Waals surface area contributed by atoms with Gasteiger partial charge in [0.1, 0.15) is 6.61 Å². The van der Waals surface area contributed by atoms with Crippen LogP contribution in [0.4, 0.5) is 13.2 Å². The third-order valence-electron chi connectivity index (χ3n) is 4.79. The maximum Gasteiger partial charge on any atom is 0.261 e. The van der Waals surface area contributed by atoms with Gasteiger partial charge in [-0.3, -0.25) is 0 Å². The first-order valence-electron chi connectivity index (χ1n) is 8.56. The van der Waals surface area contributed by atoms with Crippen molar-refractivity contribution in [3.8, 4) is 0 Å². The van der Waals surface area contributed by atoms with E-state index in [1.807, 2.05) is 20.8 Å². The number of hydrogen-bond acceptors (Lipinski definition) is 2. The van der Waals surface area contributed by atoms with Gasteiger partial charge in [-0.2, -0.15) is 0 Å². The number of halogens is 3. The number of hydrogen-bond donors (Lipinski definition) is 1. The summed E-state index contributed by atoms with van der Waals surface area (Å²) >= 11 is 0. The summed E-state index contributed by atoms with van der Waals surface area (Å²) in [6.45, 7) is 11.9. The number of allylic oxidation sites excluding steroid dienone is 3. The molecule has 1 N–H and O–H groups in total. The van der Waals surface area contributed by atoms with Crippen LogP contribution in [0.25, 0.3) is 0 Å². The Morgan fingerprint density at radius 1 is 1.20 bits per heavy atom. The van der Waals surface area contributed by atoms with E-state index in [-0.39, 0.29) is 5.41 Å². The molecule has 0 aromatic carbocycles. The summed E-state index contributed by atoms with van der Waals surface area (Å²) in [4.78, 5) is 0. The molecule has 25 heavy (non-hydrogen) atoms. The molecule has 0 aliphatic heterocycles. The van der Waals surface area contributed by atoms with E-state index in [1.54, 1.807) is 45.9 Å².